The second-order valence-electron chi connectivity index (χ2n) is 30.8. The van der Waals surface area contributed by atoms with Gasteiger partial charge < -0.3 is 33.8 Å². The lowest BCUT2D eigenvalue weighted by Crippen LogP contribution is -2.30. The number of phosphoric acid groups is 2. The van der Waals surface area contributed by atoms with E-state index in [4.69, 9.17) is 37.0 Å². The summed E-state index contributed by atoms with van der Waals surface area (Å²) in [6.45, 7) is 9.58. The van der Waals surface area contributed by atoms with E-state index in [9.17, 15) is 43.2 Å². The molecule has 0 aromatic heterocycles. The fraction of sp³-hybridized carbons (Fsp3) is 0.906. The first-order valence-electron chi connectivity index (χ1n) is 43.3. The van der Waals surface area contributed by atoms with Crippen LogP contribution in [0.2, 0.25) is 0 Å². The lowest BCUT2D eigenvalue weighted by Gasteiger charge is -2.21. The molecule has 0 saturated heterocycles. The van der Waals surface area contributed by atoms with Crippen LogP contribution in [-0.4, -0.2) is 96.7 Å². The second-order valence-corrected chi connectivity index (χ2v) is 33.7. The summed E-state index contributed by atoms with van der Waals surface area (Å²) in [5.41, 5.74) is 0. The summed E-state index contributed by atoms with van der Waals surface area (Å²) < 4.78 is 68.8. The molecule has 0 aliphatic rings. The lowest BCUT2D eigenvalue weighted by molar-refractivity contribution is -0.161. The van der Waals surface area contributed by atoms with Gasteiger partial charge in [0.2, 0.25) is 0 Å². The molecule has 2 unspecified atom stereocenters. The van der Waals surface area contributed by atoms with Crippen molar-refractivity contribution in [1.82, 2.24) is 0 Å². The molecule has 17 nitrogen and oxygen atoms in total. The van der Waals surface area contributed by atoms with Gasteiger partial charge in [-0.25, -0.2) is 9.13 Å². The molecular weight excluding hydrogens is 1350 g/mol. The quantitative estimate of drug-likeness (QED) is 0.0169. The number of carbonyl (C=O) groups excluding carboxylic acids is 4. The zero-order valence-electron chi connectivity index (χ0n) is 67.8. The average Bonchev–Trinajstić information content (AvgIpc) is 0.906. The Morgan fingerprint density at radius 2 is 0.519 bits per heavy atom. The Balaban J connectivity index is 5.26. The van der Waals surface area contributed by atoms with Gasteiger partial charge in [-0.1, -0.05) is 374 Å². The summed E-state index contributed by atoms with van der Waals surface area (Å²) in [4.78, 5) is 73.2. The third kappa shape index (κ3) is 77.7. The summed E-state index contributed by atoms with van der Waals surface area (Å²) >= 11 is 0. The van der Waals surface area contributed by atoms with E-state index in [1.807, 2.05) is 0 Å². The van der Waals surface area contributed by atoms with Crippen molar-refractivity contribution in [2.24, 2.45) is 11.8 Å². The third-order valence-electron chi connectivity index (χ3n) is 19.3. The second kappa shape index (κ2) is 75.9. The first-order valence-corrected chi connectivity index (χ1v) is 46.3. The number of aliphatic hydroxyl groups excluding tert-OH is 1. The van der Waals surface area contributed by atoms with E-state index in [1.165, 1.54) is 225 Å². The highest BCUT2D eigenvalue weighted by molar-refractivity contribution is 7.47. The maximum atomic E-state index is 13.1. The molecule has 0 radical (unpaired) electrons. The van der Waals surface area contributed by atoms with Crippen molar-refractivity contribution >= 4 is 39.5 Å². The van der Waals surface area contributed by atoms with Crippen molar-refractivity contribution in [3.05, 3.63) is 24.3 Å². The number of allylic oxidation sites excluding steroid dienone is 4. The van der Waals surface area contributed by atoms with Crippen LogP contribution in [0.4, 0.5) is 0 Å². The summed E-state index contributed by atoms with van der Waals surface area (Å²) in [6, 6.07) is 0. The molecule has 0 aromatic carbocycles. The molecule has 0 saturated carbocycles. The van der Waals surface area contributed by atoms with Crippen LogP contribution in [0, 0.1) is 11.8 Å². The van der Waals surface area contributed by atoms with Crippen molar-refractivity contribution < 1.29 is 80.2 Å². The van der Waals surface area contributed by atoms with E-state index in [-0.39, 0.29) is 25.7 Å². The monoisotopic (exact) mass is 1520 g/mol. The van der Waals surface area contributed by atoms with Crippen LogP contribution in [-0.2, 0) is 65.4 Å². The number of hydrogen-bond acceptors (Lipinski definition) is 15. The SMILES string of the molecule is CCCCCC/C=C\C=C/CCCCCCCC(=O)OC[C@H](COP(=O)(O)OC[C@@H](O)COP(=O)(O)OC[C@@H](COC(=O)CCCCCCCCCCCC(C)C)OC(=O)CCCCCCCCCCCCCCC(C)C)OC(=O)CCCCCCCCCCCCCCCCCCCCCCCC. The van der Waals surface area contributed by atoms with Crippen LogP contribution in [0.3, 0.4) is 0 Å². The van der Waals surface area contributed by atoms with Gasteiger partial charge in [0.25, 0.3) is 0 Å². The maximum absolute atomic E-state index is 13.1. The van der Waals surface area contributed by atoms with E-state index in [0.29, 0.717) is 25.7 Å². The minimum atomic E-state index is -4.97. The summed E-state index contributed by atoms with van der Waals surface area (Å²) in [6.07, 6.45) is 70.3. The molecule has 5 atom stereocenters. The molecule has 0 aromatic rings. The van der Waals surface area contributed by atoms with Crippen LogP contribution in [0.5, 0.6) is 0 Å². The molecule has 19 heteroatoms. The molecular formula is C85H162O17P2. The van der Waals surface area contributed by atoms with Gasteiger partial charge in [0.15, 0.2) is 12.2 Å². The van der Waals surface area contributed by atoms with Gasteiger partial charge in [-0.15, -0.1) is 0 Å². The van der Waals surface area contributed by atoms with Crippen molar-refractivity contribution in [2.45, 2.75) is 445 Å². The van der Waals surface area contributed by atoms with E-state index >= 15 is 0 Å². The Kier molecular flexibility index (Phi) is 74.1. The average molecular weight is 1520 g/mol. The fourth-order valence-electron chi connectivity index (χ4n) is 12.7. The summed E-state index contributed by atoms with van der Waals surface area (Å²) in [5.74, 6) is -0.618. The Morgan fingerprint density at radius 1 is 0.298 bits per heavy atom. The molecule has 3 N–H and O–H groups in total. The number of esters is 4. The van der Waals surface area contributed by atoms with Crippen LogP contribution >= 0.6 is 15.6 Å². The highest BCUT2D eigenvalue weighted by atomic mass is 31.2. The molecule has 0 rings (SSSR count). The van der Waals surface area contributed by atoms with Gasteiger partial charge in [0.1, 0.15) is 19.3 Å². The fourth-order valence-corrected chi connectivity index (χ4v) is 14.3. The van der Waals surface area contributed by atoms with Gasteiger partial charge >= 0.3 is 39.5 Å². The molecule has 614 valence electrons. The first kappa shape index (κ1) is 102. The largest absolute Gasteiger partial charge is 0.472 e. The molecule has 0 spiro atoms. The highest BCUT2D eigenvalue weighted by Gasteiger charge is 2.30. The third-order valence-corrected chi connectivity index (χ3v) is 21.2. The number of aliphatic hydroxyl groups is 1. The topological polar surface area (TPSA) is 237 Å². The first-order chi connectivity index (χ1) is 50.4. The number of phosphoric ester groups is 2. The van der Waals surface area contributed by atoms with Crippen molar-refractivity contribution in [2.75, 3.05) is 39.6 Å². The zero-order valence-corrected chi connectivity index (χ0v) is 69.6. The van der Waals surface area contributed by atoms with Crippen LogP contribution in [0.15, 0.2) is 24.3 Å². The van der Waals surface area contributed by atoms with E-state index in [0.717, 1.165) is 121 Å². The lowest BCUT2D eigenvalue weighted by atomic mass is 10.0. The predicted octanol–water partition coefficient (Wildman–Crippen LogP) is 25.4. The molecule has 104 heavy (non-hydrogen) atoms. The van der Waals surface area contributed by atoms with Crippen molar-refractivity contribution in [3.8, 4) is 0 Å². The zero-order chi connectivity index (χ0) is 76.4. The van der Waals surface area contributed by atoms with Gasteiger partial charge in [-0.3, -0.25) is 37.3 Å². The normalized spacial score (nSPS) is 14.0. The van der Waals surface area contributed by atoms with Gasteiger partial charge in [-0.05, 0) is 63.2 Å². The Morgan fingerprint density at radius 3 is 0.788 bits per heavy atom. The minimum Gasteiger partial charge on any atom is -0.462 e. The maximum Gasteiger partial charge on any atom is 0.472 e. The van der Waals surface area contributed by atoms with E-state index in [2.05, 4.69) is 65.8 Å². The van der Waals surface area contributed by atoms with Crippen LogP contribution in [0.1, 0.15) is 427 Å². The minimum absolute atomic E-state index is 0.102. The number of unbranched alkanes of at least 4 members (excludes halogenated alkanes) is 49. The number of hydrogen-bond donors (Lipinski definition) is 3. The van der Waals surface area contributed by atoms with Gasteiger partial charge in [-0.2, -0.15) is 0 Å². The molecule has 0 fully saturated rings. The Hall–Kier alpha value is -2.46. The van der Waals surface area contributed by atoms with Gasteiger partial charge in [0.05, 0.1) is 26.4 Å². The van der Waals surface area contributed by atoms with Crippen LogP contribution in [0.25, 0.3) is 0 Å². The Labute approximate surface area is 637 Å². The molecule has 0 amide bonds. The van der Waals surface area contributed by atoms with Gasteiger partial charge in [0, 0.05) is 25.7 Å². The van der Waals surface area contributed by atoms with E-state index in [1.54, 1.807) is 0 Å². The highest BCUT2D eigenvalue weighted by Crippen LogP contribution is 2.45. The summed E-state index contributed by atoms with van der Waals surface area (Å²) in [5, 5.41) is 10.7. The smallest absolute Gasteiger partial charge is 0.462 e. The number of rotatable bonds is 82. The molecule has 0 aliphatic heterocycles. The number of carbonyl (C=O) groups is 4. The predicted molar refractivity (Wildman–Crippen MR) is 427 cm³/mol. The summed E-state index contributed by atoms with van der Waals surface area (Å²) in [7, 11) is -9.94. The van der Waals surface area contributed by atoms with Crippen molar-refractivity contribution in [1.29, 1.82) is 0 Å². The standard InChI is InChI=1S/C85H162O17P2/c1-7-9-11-13-15-17-19-21-23-24-25-26-27-28-29-31-33-38-44-51-57-63-69-84(89)101-80(73-95-82(87)67-61-55-49-43-37-32-30-22-20-18-16-14-12-10-8-2)75-99-103(91,92)97-71-79(86)72-98-104(93,94)100-76-81(74-96-83(88)68-62-56-50-46-40-42-48-54-60-66-78(5)6)102-85(90)70-64-58-52-45-39-35-34-36-41-47-53-59-65-77(3)4/h18,20,22,30,77-81,86H,7-17,19,21,23-29,31-76H2,1-6H3,(H,91,92)(H,93,94)/b20-18-,30-22-/t79-,80-,81-/m1/s1. The Bertz CT molecular complexity index is 2090. The number of ether oxygens (including phenoxy) is 4. The molecule has 0 heterocycles. The molecule has 0 bridgehead atoms. The molecule has 0 aliphatic carbocycles. The van der Waals surface area contributed by atoms with Crippen molar-refractivity contribution in [3.63, 3.8) is 0 Å². The van der Waals surface area contributed by atoms with E-state index < -0.39 is 97.5 Å². The van der Waals surface area contributed by atoms with Crippen LogP contribution < -0.4 is 0 Å².